The molecule has 7 heteroatoms. The number of carbonyl (C=O) groups excluding carboxylic acids is 1. The number of carbonyl (C=O) groups is 1. The highest BCUT2D eigenvalue weighted by Gasteiger charge is 2.32. The van der Waals surface area contributed by atoms with Gasteiger partial charge in [0.05, 0.1) is 20.8 Å². The number of amides is 1. The zero-order chi connectivity index (χ0) is 21.8. The van der Waals surface area contributed by atoms with Gasteiger partial charge in [-0.15, -0.1) is 0 Å². The maximum Gasteiger partial charge on any atom is 0.236 e. The summed E-state index contributed by atoms with van der Waals surface area (Å²) in [5.74, 6) is 2.09. The van der Waals surface area contributed by atoms with Crippen molar-refractivity contribution >= 4 is 11.6 Å². The molecule has 0 aromatic heterocycles. The van der Waals surface area contributed by atoms with Crippen LogP contribution in [-0.2, 0) is 4.79 Å². The average Bonchev–Trinajstić information content (AvgIpc) is 3.27. The standard InChI is InChI=1S/C24H31N3O4/c1-30-20-9-10-23(31-2)21(16-20)22-4-3-11-27(22)17-24(29)26-14-12-25(13-15-26)18-5-7-19(28)8-6-18/h5-10,16,22,28H,3-4,11-15,17H2,1-2H3/t22-/m1/s1. The Morgan fingerprint density at radius 2 is 1.74 bits per heavy atom. The van der Waals surface area contributed by atoms with Gasteiger partial charge in [-0.2, -0.15) is 0 Å². The van der Waals surface area contributed by atoms with Gasteiger partial charge in [0, 0.05) is 43.5 Å². The molecular weight excluding hydrogens is 394 g/mol. The number of aromatic hydroxyl groups is 1. The molecule has 2 aromatic rings. The zero-order valence-electron chi connectivity index (χ0n) is 18.3. The quantitative estimate of drug-likeness (QED) is 0.768. The van der Waals surface area contributed by atoms with Gasteiger partial charge in [0.15, 0.2) is 0 Å². The van der Waals surface area contributed by atoms with Gasteiger partial charge in [-0.1, -0.05) is 0 Å². The van der Waals surface area contributed by atoms with Crippen LogP contribution in [0.3, 0.4) is 0 Å². The first-order valence-electron chi connectivity index (χ1n) is 10.9. The lowest BCUT2D eigenvalue weighted by molar-refractivity contribution is -0.133. The van der Waals surface area contributed by atoms with Crippen molar-refractivity contribution in [3.05, 3.63) is 48.0 Å². The van der Waals surface area contributed by atoms with Gasteiger partial charge in [-0.05, 0) is 61.9 Å². The van der Waals surface area contributed by atoms with E-state index in [9.17, 15) is 9.90 Å². The SMILES string of the molecule is COc1ccc(OC)c([C@H]2CCCN2CC(=O)N2CCN(c3ccc(O)cc3)CC2)c1. The number of nitrogens with zero attached hydrogens (tertiary/aromatic N) is 3. The highest BCUT2D eigenvalue weighted by atomic mass is 16.5. The molecule has 2 aromatic carbocycles. The molecule has 2 aliphatic rings. The van der Waals surface area contributed by atoms with E-state index in [1.165, 1.54) is 0 Å². The molecule has 0 saturated carbocycles. The molecule has 2 heterocycles. The Morgan fingerprint density at radius 1 is 1.00 bits per heavy atom. The second-order valence-corrected chi connectivity index (χ2v) is 8.12. The van der Waals surface area contributed by atoms with Gasteiger partial charge in [0.2, 0.25) is 5.91 Å². The molecule has 1 N–H and O–H groups in total. The number of piperazine rings is 1. The summed E-state index contributed by atoms with van der Waals surface area (Å²) in [4.78, 5) is 19.6. The molecule has 1 atom stereocenters. The van der Waals surface area contributed by atoms with Crippen LogP contribution < -0.4 is 14.4 Å². The van der Waals surface area contributed by atoms with Crippen molar-refractivity contribution in [3.63, 3.8) is 0 Å². The van der Waals surface area contributed by atoms with Crippen molar-refractivity contribution in [1.29, 1.82) is 0 Å². The number of phenolic OH excluding ortho intramolecular Hbond substituents is 1. The summed E-state index contributed by atoms with van der Waals surface area (Å²) in [5, 5.41) is 9.48. The molecule has 0 unspecified atom stereocenters. The minimum absolute atomic E-state index is 0.160. The summed E-state index contributed by atoms with van der Waals surface area (Å²) in [7, 11) is 3.35. The first-order chi connectivity index (χ1) is 15.1. The Morgan fingerprint density at radius 3 is 2.42 bits per heavy atom. The summed E-state index contributed by atoms with van der Waals surface area (Å²) in [6, 6.07) is 13.3. The molecule has 4 rings (SSSR count). The number of hydrogen-bond acceptors (Lipinski definition) is 6. The van der Waals surface area contributed by atoms with Gasteiger partial charge in [-0.3, -0.25) is 9.69 Å². The van der Waals surface area contributed by atoms with Crippen LogP contribution in [0.1, 0.15) is 24.4 Å². The summed E-state index contributed by atoms with van der Waals surface area (Å²) in [6.07, 6.45) is 2.07. The topological polar surface area (TPSA) is 65.5 Å². The van der Waals surface area contributed by atoms with E-state index in [4.69, 9.17) is 9.47 Å². The smallest absolute Gasteiger partial charge is 0.236 e. The highest BCUT2D eigenvalue weighted by molar-refractivity contribution is 5.78. The van der Waals surface area contributed by atoms with E-state index >= 15 is 0 Å². The lowest BCUT2D eigenvalue weighted by Gasteiger charge is -2.37. The lowest BCUT2D eigenvalue weighted by atomic mass is 10.0. The second kappa shape index (κ2) is 9.47. The molecule has 0 aliphatic carbocycles. The van der Waals surface area contributed by atoms with Crippen LogP contribution in [0.5, 0.6) is 17.2 Å². The minimum atomic E-state index is 0.160. The largest absolute Gasteiger partial charge is 0.508 e. The van der Waals surface area contributed by atoms with Gasteiger partial charge >= 0.3 is 0 Å². The molecule has 7 nitrogen and oxygen atoms in total. The van der Waals surface area contributed by atoms with Crippen LogP contribution in [0.4, 0.5) is 5.69 Å². The van der Waals surface area contributed by atoms with Gasteiger partial charge < -0.3 is 24.4 Å². The Hall–Kier alpha value is -2.93. The molecule has 0 radical (unpaired) electrons. The number of hydrogen-bond donors (Lipinski definition) is 1. The first-order valence-corrected chi connectivity index (χ1v) is 10.9. The van der Waals surface area contributed by atoms with Crippen LogP contribution >= 0.6 is 0 Å². The third-order valence-corrected chi connectivity index (χ3v) is 6.35. The molecule has 2 aliphatic heterocycles. The number of likely N-dealkylation sites (tertiary alicyclic amines) is 1. The van der Waals surface area contributed by atoms with Crippen LogP contribution in [0.15, 0.2) is 42.5 Å². The zero-order valence-corrected chi connectivity index (χ0v) is 18.3. The monoisotopic (exact) mass is 425 g/mol. The Labute approximate surface area is 183 Å². The van der Waals surface area contributed by atoms with Crippen molar-refractivity contribution in [2.45, 2.75) is 18.9 Å². The maximum atomic E-state index is 13.1. The number of benzene rings is 2. The number of phenols is 1. The van der Waals surface area contributed by atoms with Gasteiger partial charge in [0.25, 0.3) is 0 Å². The van der Waals surface area contributed by atoms with Gasteiger partial charge in [-0.25, -0.2) is 0 Å². The van der Waals surface area contributed by atoms with Crippen molar-refractivity contribution in [2.75, 3.05) is 58.4 Å². The molecule has 31 heavy (non-hydrogen) atoms. The summed E-state index contributed by atoms with van der Waals surface area (Å²) >= 11 is 0. The molecule has 2 fully saturated rings. The fourth-order valence-corrected chi connectivity index (χ4v) is 4.62. The molecule has 166 valence electrons. The predicted molar refractivity (Wildman–Crippen MR) is 120 cm³/mol. The molecule has 2 saturated heterocycles. The van der Waals surface area contributed by atoms with Crippen molar-refractivity contribution in [3.8, 4) is 17.2 Å². The lowest BCUT2D eigenvalue weighted by Crippen LogP contribution is -2.51. The third-order valence-electron chi connectivity index (χ3n) is 6.35. The highest BCUT2D eigenvalue weighted by Crippen LogP contribution is 2.38. The maximum absolute atomic E-state index is 13.1. The van der Waals surface area contributed by atoms with Crippen molar-refractivity contribution in [2.24, 2.45) is 0 Å². The van der Waals surface area contributed by atoms with Crippen molar-refractivity contribution < 1.29 is 19.4 Å². The Balaban J connectivity index is 1.38. The summed E-state index contributed by atoms with van der Waals surface area (Å²) < 4.78 is 11.0. The summed E-state index contributed by atoms with van der Waals surface area (Å²) in [6.45, 7) is 4.34. The van der Waals surface area contributed by atoms with Crippen LogP contribution in [0.2, 0.25) is 0 Å². The number of methoxy groups -OCH3 is 2. The molecular formula is C24H31N3O4. The van der Waals surface area contributed by atoms with E-state index in [-0.39, 0.29) is 17.7 Å². The van der Waals surface area contributed by atoms with E-state index in [0.717, 1.165) is 55.2 Å². The molecule has 0 bridgehead atoms. The van der Waals surface area contributed by atoms with E-state index < -0.39 is 0 Å². The fourth-order valence-electron chi connectivity index (χ4n) is 4.62. The van der Waals surface area contributed by atoms with Crippen LogP contribution in [-0.4, -0.2) is 74.3 Å². The van der Waals surface area contributed by atoms with Crippen LogP contribution in [0.25, 0.3) is 0 Å². The Bertz CT molecular complexity index is 894. The van der Waals surface area contributed by atoms with Crippen LogP contribution in [0, 0.1) is 0 Å². The minimum Gasteiger partial charge on any atom is -0.508 e. The average molecular weight is 426 g/mol. The number of rotatable bonds is 6. The second-order valence-electron chi connectivity index (χ2n) is 8.12. The number of anilines is 1. The molecule has 0 spiro atoms. The normalized spacial score (nSPS) is 19.5. The van der Waals surface area contributed by atoms with Crippen molar-refractivity contribution in [1.82, 2.24) is 9.80 Å². The first kappa shape index (κ1) is 21.3. The van der Waals surface area contributed by atoms with E-state index in [0.29, 0.717) is 19.6 Å². The van der Waals surface area contributed by atoms with E-state index in [1.54, 1.807) is 26.4 Å². The molecule has 1 amide bonds. The Kier molecular flexibility index (Phi) is 6.51. The fraction of sp³-hybridized carbons (Fsp3) is 0.458. The van der Waals surface area contributed by atoms with Gasteiger partial charge in [0.1, 0.15) is 17.2 Å². The van der Waals surface area contributed by atoms with E-state index in [2.05, 4.69) is 9.80 Å². The summed E-state index contributed by atoms with van der Waals surface area (Å²) in [5.41, 5.74) is 2.17. The van der Waals surface area contributed by atoms with E-state index in [1.807, 2.05) is 35.2 Å². The number of ether oxygens (including phenoxy) is 2. The predicted octanol–water partition coefficient (Wildman–Crippen LogP) is 2.90. The third kappa shape index (κ3) is 4.71.